The van der Waals surface area contributed by atoms with Gasteiger partial charge in [0, 0.05) is 24.1 Å². The molecule has 11 heteroatoms. The number of aryl methyl sites for hydroxylation is 1. The number of benzene rings is 1. The van der Waals surface area contributed by atoms with Gasteiger partial charge in [0.25, 0.3) is 6.43 Å². The number of hydrogen-bond acceptors (Lipinski definition) is 6. The van der Waals surface area contributed by atoms with Gasteiger partial charge in [-0.3, -0.25) is 23.7 Å². The number of ketones is 1. The van der Waals surface area contributed by atoms with E-state index in [0.717, 1.165) is 17.2 Å². The second-order valence-corrected chi connectivity index (χ2v) is 8.92. The SMILES string of the molecule is CC(=O)OCC(c1ccc(Cl)cc1)N(C(=O)CC(=O)C1CC1)c1cc(C)c2nnc(C(F)F)n2c1. The van der Waals surface area contributed by atoms with E-state index < -0.39 is 30.2 Å². The molecule has 3 aromatic rings. The second kappa shape index (κ2) is 10.1. The van der Waals surface area contributed by atoms with Crippen molar-refractivity contribution in [1.29, 1.82) is 0 Å². The lowest BCUT2D eigenvalue weighted by Crippen LogP contribution is -2.39. The molecule has 1 amide bonds. The fourth-order valence-electron chi connectivity index (χ4n) is 3.92. The number of aromatic nitrogens is 3. The first kappa shape index (κ1) is 24.7. The smallest absolute Gasteiger partial charge is 0.302 e. The molecule has 1 aromatic carbocycles. The van der Waals surface area contributed by atoms with Crippen LogP contribution in [0.25, 0.3) is 5.65 Å². The zero-order valence-corrected chi connectivity index (χ0v) is 19.8. The maximum absolute atomic E-state index is 13.6. The van der Waals surface area contributed by atoms with Gasteiger partial charge in [0.15, 0.2) is 5.65 Å². The van der Waals surface area contributed by atoms with Gasteiger partial charge in [-0.25, -0.2) is 8.78 Å². The summed E-state index contributed by atoms with van der Waals surface area (Å²) in [6.07, 6.45) is -0.447. The van der Waals surface area contributed by atoms with Gasteiger partial charge in [-0.05, 0) is 49.1 Å². The first-order valence-electron chi connectivity index (χ1n) is 11.0. The molecule has 35 heavy (non-hydrogen) atoms. The van der Waals surface area contributed by atoms with Crippen LogP contribution in [-0.2, 0) is 19.1 Å². The Kier molecular flexibility index (Phi) is 7.11. The summed E-state index contributed by atoms with van der Waals surface area (Å²) in [6, 6.07) is 7.36. The highest BCUT2D eigenvalue weighted by molar-refractivity contribution is 6.30. The highest BCUT2D eigenvalue weighted by Crippen LogP contribution is 2.34. The van der Waals surface area contributed by atoms with Crippen LogP contribution >= 0.6 is 11.6 Å². The first-order chi connectivity index (χ1) is 16.7. The Labute approximate surface area is 204 Å². The Hall–Kier alpha value is -3.40. The van der Waals surface area contributed by atoms with Crippen molar-refractivity contribution in [1.82, 2.24) is 14.6 Å². The second-order valence-electron chi connectivity index (χ2n) is 8.48. The van der Waals surface area contributed by atoms with Gasteiger partial charge >= 0.3 is 5.97 Å². The van der Waals surface area contributed by atoms with E-state index in [9.17, 15) is 23.2 Å². The molecule has 4 rings (SSSR count). The molecule has 0 N–H and O–H groups in total. The van der Waals surface area contributed by atoms with Crippen molar-refractivity contribution in [2.75, 3.05) is 11.5 Å². The average molecular weight is 505 g/mol. The van der Waals surface area contributed by atoms with Crippen molar-refractivity contribution >= 4 is 40.6 Å². The summed E-state index contributed by atoms with van der Waals surface area (Å²) in [7, 11) is 0. The molecule has 1 aliphatic carbocycles. The molecule has 0 saturated heterocycles. The number of fused-ring (bicyclic) bond motifs is 1. The molecule has 1 saturated carbocycles. The van der Waals surface area contributed by atoms with Gasteiger partial charge in [-0.15, -0.1) is 10.2 Å². The quantitative estimate of drug-likeness (QED) is 0.311. The third kappa shape index (κ3) is 5.48. The molecule has 2 aromatic heterocycles. The van der Waals surface area contributed by atoms with Crippen molar-refractivity contribution < 1.29 is 27.9 Å². The number of hydrogen-bond donors (Lipinski definition) is 0. The standard InChI is InChI=1S/C24H23ClF2N4O4/c1-13-9-18(11-30-23(13)28-29-24(30)22(26)27)31(21(34)10-20(33)16-3-4-16)19(12-35-14(2)32)15-5-7-17(25)8-6-15/h5-9,11,16,19,22H,3-4,10,12H2,1-2H3. The largest absolute Gasteiger partial charge is 0.463 e. The predicted molar refractivity (Wildman–Crippen MR) is 123 cm³/mol. The molecule has 0 spiro atoms. The number of anilines is 1. The van der Waals surface area contributed by atoms with Crippen molar-refractivity contribution in [3.63, 3.8) is 0 Å². The van der Waals surface area contributed by atoms with E-state index in [0.29, 0.717) is 16.1 Å². The number of ether oxygens (including phenoxy) is 1. The topological polar surface area (TPSA) is 93.9 Å². The molecule has 8 nitrogen and oxygen atoms in total. The first-order valence-corrected chi connectivity index (χ1v) is 11.4. The molecule has 1 aliphatic rings. The van der Waals surface area contributed by atoms with Crippen molar-refractivity contribution in [3.8, 4) is 0 Å². The zero-order valence-electron chi connectivity index (χ0n) is 19.1. The number of Topliss-reactive ketones (excluding diaryl/α,β-unsaturated/α-hetero) is 1. The number of nitrogens with zero attached hydrogens (tertiary/aromatic N) is 4. The minimum atomic E-state index is -2.90. The van der Waals surface area contributed by atoms with Crippen LogP contribution in [-0.4, -0.2) is 38.9 Å². The number of carbonyl (C=O) groups excluding carboxylic acids is 3. The van der Waals surface area contributed by atoms with Gasteiger partial charge < -0.3 is 4.74 Å². The molecule has 0 bridgehead atoms. The molecule has 1 fully saturated rings. The van der Waals surface area contributed by atoms with E-state index in [-0.39, 0.29) is 36.1 Å². The molecule has 1 atom stereocenters. The minimum absolute atomic E-state index is 0.143. The van der Waals surface area contributed by atoms with Crippen molar-refractivity contribution in [2.45, 2.75) is 45.6 Å². The van der Waals surface area contributed by atoms with E-state index in [1.165, 1.54) is 18.0 Å². The summed E-state index contributed by atoms with van der Waals surface area (Å²) in [6.45, 7) is 2.68. The van der Waals surface area contributed by atoms with Gasteiger partial charge in [0.2, 0.25) is 11.7 Å². The van der Waals surface area contributed by atoms with E-state index in [2.05, 4.69) is 10.2 Å². The minimum Gasteiger partial charge on any atom is -0.463 e. The highest BCUT2D eigenvalue weighted by Gasteiger charge is 2.35. The van der Waals surface area contributed by atoms with E-state index >= 15 is 0 Å². The van der Waals surface area contributed by atoms with Crippen LogP contribution < -0.4 is 4.90 Å². The molecule has 184 valence electrons. The summed E-state index contributed by atoms with van der Waals surface area (Å²) in [5, 5.41) is 7.87. The Morgan fingerprint density at radius 2 is 1.89 bits per heavy atom. The molecule has 0 radical (unpaired) electrons. The number of esters is 1. The van der Waals surface area contributed by atoms with Crippen LogP contribution in [0.3, 0.4) is 0 Å². The number of rotatable bonds is 9. The summed E-state index contributed by atoms with van der Waals surface area (Å²) < 4.78 is 33.5. The third-order valence-corrected chi connectivity index (χ3v) is 6.06. The monoisotopic (exact) mass is 504 g/mol. The lowest BCUT2D eigenvalue weighted by atomic mass is 10.0. The van der Waals surface area contributed by atoms with Crippen LogP contribution in [0.5, 0.6) is 0 Å². The summed E-state index contributed by atoms with van der Waals surface area (Å²) in [5.41, 5.74) is 1.53. The van der Waals surface area contributed by atoms with Gasteiger partial charge in [0.1, 0.15) is 12.4 Å². The van der Waals surface area contributed by atoms with E-state index in [1.807, 2.05) is 0 Å². The highest BCUT2D eigenvalue weighted by atomic mass is 35.5. The fourth-order valence-corrected chi connectivity index (χ4v) is 4.04. The van der Waals surface area contributed by atoms with Crippen LogP contribution in [0.1, 0.15) is 55.6 Å². The maximum atomic E-state index is 13.6. The van der Waals surface area contributed by atoms with Crippen molar-refractivity contribution in [3.05, 3.63) is 58.5 Å². The Morgan fingerprint density at radius 3 is 2.49 bits per heavy atom. The number of alkyl halides is 2. The summed E-state index contributed by atoms with van der Waals surface area (Å²) in [4.78, 5) is 39.1. The molecule has 2 heterocycles. The normalized spacial score (nSPS) is 14.2. The van der Waals surface area contributed by atoms with Crippen LogP contribution in [0, 0.1) is 12.8 Å². The van der Waals surface area contributed by atoms with E-state index in [4.69, 9.17) is 16.3 Å². The fraction of sp³-hybridized carbons (Fsp3) is 0.375. The predicted octanol–water partition coefficient (Wildman–Crippen LogP) is 4.64. The molecule has 0 aliphatic heterocycles. The number of amides is 1. The Morgan fingerprint density at radius 1 is 1.20 bits per heavy atom. The summed E-state index contributed by atoms with van der Waals surface area (Å²) in [5.74, 6) is -2.00. The Balaban J connectivity index is 1.85. The molecule has 1 unspecified atom stereocenters. The third-order valence-electron chi connectivity index (χ3n) is 5.81. The zero-order chi connectivity index (χ0) is 25.3. The van der Waals surface area contributed by atoms with Crippen LogP contribution in [0.2, 0.25) is 5.02 Å². The van der Waals surface area contributed by atoms with Gasteiger partial charge in [-0.1, -0.05) is 23.7 Å². The van der Waals surface area contributed by atoms with Crippen LogP contribution in [0.15, 0.2) is 36.5 Å². The number of carbonyl (C=O) groups is 3. The number of halogens is 3. The van der Waals surface area contributed by atoms with Gasteiger partial charge in [0.05, 0.1) is 18.2 Å². The lowest BCUT2D eigenvalue weighted by Gasteiger charge is -2.32. The summed E-state index contributed by atoms with van der Waals surface area (Å²) >= 11 is 6.04. The molecular weight excluding hydrogens is 482 g/mol. The Bertz CT molecular complexity index is 1270. The van der Waals surface area contributed by atoms with Crippen LogP contribution in [0.4, 0.5) is 14.5 Å². The van der Waals surface area contributed by atoms with Crippen molar-refractivity contribution in [2.24, 2.45) is 5.92 Å². The van der Waals surface area contributed by atoms with E-state index in [1.54, 1.807) is 37.3 Å². The van der Waals surface area contributed by atoms with Gasteiger partial charge in [-0.2, -0.15) is 0 Å². The number of pyridine rings is 1. The molecular formula is C24H23ClF2N4O4. The lowest BCUT2D eigenvalue weighted by molar-refractivity contribution is -0.142. The average Bonchev–Trinajstić information content (AvgIpc) is 3.56. The maximum Gasteiger partial charge on any atom is 0.302 e.